The van der Waals surface area contributed by atoms with Gasteiger partial charge < -0.3 is 4.90 Å². The molecule has 14 aromatic rings. The Morgan fingerprint density at radius 1 is 0.279 bits per heavy atom. The van der Waals surface area contributed by atoms with Crippen LogP contribution in [0, 0.1) is 0 Å². The maximum atomic E-state index is 4.56. The van der Waals surface area contributed by atoms with Gasteiger partial charge in [0, 0.05) is 18.1 Å². The van der Waals surface area contributed by atoms with Crippen molar-refractivity contribution < 1.29 is 0 Å². The van der Waals surface area contributed by atoms with Crippen molar-refractivity contribution in [1.29, 1.82) is 0 Å². The lowest BCUT2D eigenvalue weighted by Crippen LogP contribution is -2.50. The zero-order valence-corrected chi connectivity index (χ0v) is 47.2. The second-order valence-corrected chi connectivity index (χ2v) is 23.1. The van der Waals surface area contributed by atoms with E-state index in [0.717, 1.165) is 22.6 Å². The second kappa shape index (κ2) is 19.9. The van der Waals surface area contributed by atoms with Crippen molar-refractivity contribution in [1.82, 2.24) is 4.98 Å². The van der Waals surface area contributed by atoms with Crippen molar-refractivity contribution in [2.24, 2.45) is 0 Å². The Labute approximate surface area is 502 Å². The average molecular weight is 1090 g/mol. The van der Waals surface area contributed by atoms with Gasteiger partial charge in [-0.3, -0.25) is 4.98 Å². The first kappa shape index (κ1) is 49.7. The molecule has 0 amide bonds. The highest BCUT2D eigenvalue weighted by Crippen LogP contribution is 2.61. The van der Waals surface area contributed by atoms with Gasteiger partial charge in [-0.1, -0.05) is 302 Å². The van der Waals surface area contributed by atoms with E-state index in [1.807, 2.05) is 12.4 Å². The summed E-state index contributed by atoms with van der Waals surface area (Å²) in [6.07, 6.45) is 3.88. The standard InChI is InChI=1S/C83H55BN2/c1-7-26-56(27-8-1)65-40-25-41-69-79-77(58-50-52-85-53-51-58)67-38-19-20-39-68(67)78(57-28-9-2-10-29-57)81(79)84(80(65)69)63-46-49-71-70(54-63)66-48-47-64(55-74(66)82(71,59-30-11-3-12-31-59)60-32-13-4-14-33-60)86-75-44-23-21-42-72(75)83(61-34-15-5-16-35-61,62-36-17-6-18-37-62)73-43-22-24-45-76(73)86/h1-55H. The Balaban J connectivity index is 0.954. The first-order chi connectivity index (χ1) is 42.7. The summed E-state index contributed by atoms with van der Waals surface area (Å²) in [6.45, 7) is -0.149. The topological polar surface area (TPSA) is 16.1 Å². The minimum Gasteiger partial charge on any atom is -0.310 e. The van der Waals surface area contributed by atoms with E-state index in [0.29, 0.717) is 0 Å². The number of nitrogens with zero attached hydrogens (tertiary/aromatic N) is 2. The van der Waals surface area contributed by atoms with Gasteiger partial charge in [0.1, 0.15) is 0 Å². The summed E-state index contributed by atoms with van der Waals surface area (Å²) in [5, 5.41) is 2.46. The van der Waals surface area contributed by atoms with Crippen LogP contribution in [0.1, 0.15) is 44.5 Å². The number of benzene rings is 13. The largest absolute Gasteiger partial charge is 0.310 e. The summed E-state index contributed by atoms with van der Waals surface area (Å²) < 4.78 is 0. The Hall–Kier alpha value is -10.9. The van der Waals surface area contributed by atoms with E-state index in [1.165, 1.54) is 122 Å². The minimum atomic E-state index is -0.686. The van der Waals surface area contributed by atoms with Crippen molar-refractivity contribution in [3.63, 3.8) is 0 Å². The number of hydrogen-bond donors (Lipinski definition) is 0. The monoisotopic (exact) mass is 1090 g/mol. The molecule has 0 N–H and O–H groups in total. The lowest BCUT2D eigenvalue weighted by molar-refractivity contribution is 0.730. The fourth-order valence-electron chi connectivity index (χ4n) is 15.7. The van der Waals surface area contributed by atoms with E-state index in [-0.39, 0.29) is 6.71 Å². The predicted octanol–water partition coefficient (Wildman–Crippen LogP) is 18.3. The fraction of sp³-hybridized carbons (Fsp3) is 0.0241. The Morgan fingerprint density at radius 2 is 0.744 bits per heavy atom. The predicted molar refractivity (Wildman–Crippen MR) is 358 cm³/mol. The highest BCUT2D eigenvalue weighted by Gasteiger charge is 2.50. The van der Waals surface area contributed by atoms with Crippen molar-refractivity contribution in [3.05, 3.63) is 378 Å². The van der Waals surface area contributed by atoms with Crippen LogP contribution in [0.3, 0.4) is 0 Å². The van der Waals surface area contributed by atoms with Crippen LogP contribution < -0.4 is 21.3 Å². The van der Waals surface area contributed by atoms with Gasteiger partial charge in [0.15, 0.2) is 0 Å². The SMILES string of the molecule is c1ccc(-c2cccc3c2B(c2ccc4c(c2)-c2ccc(N5c6ccccc6C(c6ccccc6)(c6ccccc6)c6ccccc65)cc2C4(c2ccccc2)c2ccccc2)c2c-3c(-c3ccncc3)c3ccccc3c2-c2ccccc2)cc1. The third-order valence-corrected chi connectivity index (χ3v) is 19.0. The van der Waals surface area contributed by atoms with E-state index in [4.69, 9.17) is 0 Å². The summed E-state index contributed by atoms with van der Waals surface area (Å²) in [6, 6.07) is 121. The molecule has 0 saturated heterocycles. The molecule has 400 valence electrons. The van der Waals surface area contributed by atoms with Gasteiger partial charge in [-0.05, 0) is 147 Å². The first-order valence-electron chi connectivity index (χ1n) is 30.0. The van der Waals surface area contributed by atoms with Gasteiger partial charge in [0.05, 0.1) is 22.2 Å². The molecule has 0 radical (unpaired) electrons. The van der Waals surface area contributed by atoms with Gasteiger partial charge in [-0.25, -0.2) is 0 Å². The summed E-state index contributed by atoms with van der Waals surface area (Å²) in [5.74, 6) is 0. The van der Waals surface area contributed by atoms with Crippen LogP contribution in [-0.4, -0.2) is 11.7 Å². The molecule has 3 aliphatic rings. The molecule has 13 aromatic carbocycles. The molecular formula is C83H55BN2. The molecule has 2 aliphatic heterocycles. The molecule has 0 saturated carbocycles. The molecule has 0 spiro atoms. The van der Waals surface area contributed by atoms with Crippen LogP contribution in [0.4, 0.5) is 17.1 Å². The quantitative estimate of drug-likeness (QED) is 0.134. The second-order valence-electron chi connectivity index (χ2n) is 23.1. The average Bonchev–Trinajstić information content (AvgIpc) is 1.42. The highest BCUT2D eigenvalue weighted by molar-refractivity contribution is 7.01. The van der Waals surface area contributed by atoms with Gasteiger partial charge in [-0.2, -0.15) is 0 Å². The molecule has 3 heteroatoms. The van der Waals surface area contributed by atoms with Crippen molar-refractivity contribution >= 4 is 50.9 Å². The smallest absolute Gasteiger partial charge is 0.244 e. The molecule has 3 heterocycles. The lowest BCUT2D eigenvalue weighted by Gasteiger charge is -2.46. The Morgan fingerprint density at radius 3 is 1.31 bits per heavy atom. The van der Waals surface area contributed by atoms with Crippen LogP contribution in [0.15, 0.2) is 334 Å². The molecule has 0 atom stereocenters. The van der Waals surface area contributed by atoms with Crippen LogP contribution >= 0.6 is 0 Å². The summed E-state index contributed by atoms with van der Waals surface area (Å²) in [7, 11) is 0. The third-order valence-electron chi connectivity index (χ3n) is 19.0. The van der Waals surface area contributed by atoms with E-state index in [9.17, 15) is 0 Å². The van der Waals surface area contributed by atoms with Crippen LogP contribution in [0.25, 0.3) is 66.4 Å². The van der Waals surface area contributed by atoms with E-state index in [1.54, 1.807) is 0 Å². The zero-order valence-electron chi connectivity index (χ0n) is 47.2. The number of aromatic nitrogens is 1. The number of para-hydroxylation sites is 2. The summed E-state index contributed by atoms with van der Waals surface area (Å²) in [4.78, 5) is 7.09. The highest BCUT2D eigenvalue weighted by atomic mass is 15.2. The van der Waals surface area contributed by atoms with E-state index in [2.05, 4.69) is 331 Å². The fourth-order valence-corrected chi connectivity index (χ4v) is 15.7. The zero-order chi connectivity index (χ0) is 56.8. The van der Waals surface area contributed by atoms with Gasteiger partial charge in [0.25, 0.3) is 0 Å². The van der Waals surface area contributed by atoms with Crippen molar-refractivity contribution in [3.8, 4) is 55.6 Å². The molecule has 0 fully saturated rings. The molecule has 17 rings (SSSR count). The maximum Gasteiger partial charge on any atom is 0.244 e. The van der Waals surface area contributed by atoms with E-state index < -0.39 is 10.8 Å². The van der Waals surface area contributed by atoms with Crippen molar-refractivity contribution in [2.75, 3.05) is 4.90 Å². The number of rotatable bonds is 9. The molecular weight excluding hydrogens is 1040 g/mol. The summed E-state index contributed by atoms with van der Waals surface area (Å²) >= 11 is 0. The van der Waals surface area contributed by atoms with Gasteiger partial charge in [-0.15, -0.1) is 0 Å². The van der Waals surface area contributed by atoms with Gasteiger partial charge in [0.2, 0.25) is 6.71 Å². The molecule has 2 nitrogen and oxygen atoms in total. The van der Waals surface area contributed by atoms with Crippen molar-refractivity contribution in [2.45, 2.75) is 10.8 Å². The van der Waals surface area contributed by atoms with Gasteiger partial charge >= 0.3 is 0 Å². The number of pyridine rings is 1. The van der Waals surface area contributed by atoms with Crippen LogP contribution in [-0.2, 0) is 10.8 Å². The molecule has 86 heavy (non-hydrogen) atoms. The summed E-state index contributed by atoms with van der Waals surface area (Å²) in [5.41, 5.74) is 28.3. The third kappa shape index (κ3) is 7.19. The van der Waals surface area contributed by atoms with E-state index >= 15 is 0 Å². The Bertz CT molecular complexity index is 4790. The first-order valence-corrected chi connectivity index (χ1v) is 30.0. The molecule has 0 unspecified atom stereocenters. The lowest BCUT2D eigenvalue weighted by atomic mass is 9.37. The molecule has 1 aromatic heterocycles. The number of hydrogen-bond acceptors (Lipinski definition) is 2. The number of fused-ring (bicyclic) bond motifs is 9. The van der Waals surface area contributed by atoms with Crippen LogP contribution in [0.2, 0.25) is 0 Å². The molecule has 1 aliphatic carbocycles. The number of anilines is 3. The normalized spacial score (nSPS) is 13.7. The minimum absolute atomic E-state index is 0.149. The van der Waals surface area contributed by atoms with Crippen LogP contribution in [0.5, 0.6) is 0 Å². The maximum absolute atomic E-state index is 4.56. The molecule has 0 bridgehead atoms. The Kier molecular flexibility index (Phi) is 11.5.